The van der Waals surface area contributed by atoms with E-state index >= 15 is 0 Å². The fraction of sp³-hybridized carbons (Fsp3) is 0.603. The summed E-state index contributed by atoms with van der Waals surface area (Å²) in [6.07, 6.45) is 30.2. The van der Waals surface area contributed by atoms with E-state index in [2.05, 4.69) is 137 Å². The molecule has 0 aromatic carbocycles. The largest absolute Gasteiger partial charge is 0.323 e. The number of hydrogen-bond donors (Lipinski definition) is 8. The number of nitrogens with one attached hydrogen (secondary N) is 8. The van der Waals surface area contributed by atoms with Crippen LogP contribution < -0.4 is 0 Å². The van der Waals surface area contributed by atoms with Gasteiger partial charge in [0.2, 0.25) is 0 Å². The van der Waals surface area contributed by atoms with Gasteiger partial charge in [0.15, 0.2) is 0 Å². The third-order valence-electron chi connectivity index (χ3n) is 6.93. The fourth-order valence-electron chi connectivity index (χ4n) is 3.49. The Balaban J connectivity index is -0.0000000398. The fourth-order valence-corrected chi connectivity index (χ4v) is 3.49. The van der Waals surface area contributed by atoms with Crippen molar-refractivity contribution in [1.82, 2.24) is 156 Å². The molecule has 0 spiro atoms. The summed E-state index contributed by atoms with van der Waals surface area (Å²) in [6, 6.07) is 5.72. The van der Waals surface area contributed by atoms with E-state index in [9.17, 15) is 0 Å². The molecule has 616 valence electrons. The highest BCUT2D eigenvalue weighted by atomic mass is 15.4. The van der Waals surface area contributed by atoms with Gasteiger partial charge in [-0.1, -0.05) is 226 Å². The normalized spacial score (nSPS) is 6.81. The molecule has 12 rings (SSSR count). The maximum absolute atomic E-state index is 3.83. The summed E-state index contributed by atoms with van der Waals surface area (Å²) in [4.78, 5) is 16.4. The van der Waals surface area contributed by atoms with Crippen molar-refractivity contribution < 1.29 is 0 Å². The minimum absolute atomic E-state index is 0. The van der Waals surface area contributed by atoms with Crippen LogP contribution in [-0.2, 0) is 28.2 Å². The molecule has 12 heterocycles. The first-order chi connectivity index (χ1) is 46.7. The molecule has 0 unspecified atom stereocenters. The van der Waals surface area contributed by atoms with Crippen LogP contribution in [0.4, 0.5) is 0 Å². The Bertz CT molecular complexity index is 2030. The van der Waals surface area contributed by atoms with Crippen LogP contribution in [-0.4, -0.2) is 156 Å². The van der Waals surface area contributed by atoms with Gasteiger partial charge in [0.05, 0.1) is 36.7 Å². The summed E-state index contributed by atoms with van der Waals surface area (Å²) < 4.78 is 5.17. The second-order valence-electron chi connectivity index (χ2n) is 13.7. The molecular formula is C73H169N31. The standard InChI is InChI=1S/5C4H6N2.7C3H5N3.12C2H6.8CH4/c2*1-4-2-5-6-3-4;1-6-4-2-3-5-6;2*1-4-2-3-5-6-4;1-6-2-4-5-3-6;1-6-3-4-2-5-6;1-6-4-2-3-5-6;3*1-3-4-2-5-6-3;1-3-2-4-6-5-3;12*1-2;;;;;;;;/h2*2-3H,1H3,(H,5,6);2-4H,1H3;2*2-3H,1H3,(H,5,6);3*2-3H,1H3;4*2H,1H3,(H,4,5,6);12*1-2H3;8*1H4. The molecule has 0 aliphatic carbocycles. The molecule has 0 amide bonds. The van der Waals surface area contributed by atoms with Gasteiger partial charge in [-0.15, -0.1) is 10.2 Å². The predicted molar refractivity (Wildman–Crippen MR) is 454 cm³/mol. The number of nitrogens with zero attached hydrogens (tertiary/aromatic N) is 23. The monoisotopic (exact) mass is 1480 g/mol. The Kier molecular flexibility index (Phi) is 205. The van der Waals surface area contributed by atoms with Crippen molar-refractivity contribution in [2.24, 2.45) is 28.2 Å². The van der Waals surface area contributed by atoms with Crippen LogP contribution in [0.2, 0.25) is 0 Å². The third-order valence-corrected chi connectivity index (χ3v) is 6.93. The van der Waals surface area contributed by atoms with E-state index in [4.69, 9.17) is 0 Å². The predicted octanol–water partition coefficient (Wildman–Crippen LogP) is 20.6. The molecule has 31 nitrogen and oxygen atoms in total. The van der Waals surface area contributed by atoms with Crippen molar-refractivity contribution in [3.63, 3.8) is 0 Å². The maximum atomic E-state index is 3.83. The molecule has 12 aromatic rings. The van der Waals surface area contributed by atoms with Crippen molar-refractivity contribution in [3.8, 4) is 0 Å². The highest BCUT2D eigenvalue weighted by molar-refractivity contribution is 4.97. The molecule has 0 saturated carbocycles. The summed E-state index contributed by atoms with van der Waals surface area (Å²) in [7, 11) is 7.37. The second-order valence-corrected chi connectivity index (χ2v) is 13.7. The molecule has 0 aliphatic rings. The molecule has 0 radical (unpaired) electrons. The smallest absolute Gasteiger partial charge is 0.137 e. The number of aromatic amines is 8. The number of aromatic nitrogens is 31. The van der Waals surface area contributed by atoms with Gasteiger partial charge < -0.3 is 4.57 Å². The zero-order valence-corrected chi connectivity index (χ0v) is 66.4. The quantitative estimate of drug-likeness (QED) is 0.0699. The summed E-state index contributed by atoms with van der Waals surface area (Å²) in [5.74, 6) is 2.57. The Hall–Kier alpha value is -9.97. The number of hydrogen-bond acceptors (Lipinski definition) is 19. The third kappa shape index (κ3) is 139. The van der Waals surface area contributed by atoms with Crippen molar-refractivity contribution in [3.05, 3.63) is 176 Å². The van der Waals surface area contributed by atoms with Crippen LogP contribution in [0, 0.1) is 55.4 Å². The Labute approximate surface area is 638 Å². The molecule has 0 fully saturated rings. The Morgan fingerprint density at radius 1 is 0.327 bits per heavy atom. The van der Waals surface area contributed by atoms with Gasteiger partial charge in [-0.3, -0.25) is 45.1 Å². The van der Waals surface area contributed by atoms with Crippen LogP contribution in [0.15, 0.2) is 131 Å². The van der Waals surface area contributed by atoms with Gasteiger partial charge in [-0.2, -0.15) is 76.3 Å². The van der Waals surface area contributed by atoms with Crippen molar-refractivity contribution >= 4 is 0 Å². The van der Waals surface area contributed by atoms with Crippen LogP contribution in [0.5, 0.6) is 0 Å². The summed E-state index contributed by atoms with van der Waals surface area (Å²) in [6.45, 7) is 63.4. The van der Waals surface area contributed by atoms with Crippen molar-refractivity contribution in [2.75, 3.05) is 0 Å². The lowest BCUT2D eigenvalue weighted by molar-refractivity contribution is 0.654. The summed E-state index contributed by atoms with van der Waals surface area (Å²) in [5.41, 5.74) is 5.49. The van der Waals surface area contributed by atoms with E-state index in [1.54, 1.807) is 89.5 Å². The lowest BCUT2D eigenvalue weighted by atomic mass is 10.4. The minimum Gasteiger partial charge on any atom is -0.323 e. The molecule has 0 saturated heterocycles. The van der Waals surface area contributed by atoms with E-state index in [0.717, 1.165) is 34.6 Å². The van der Waals surface area contributed by atoms with Crippen LogP contribution >= 0.6 is 0 Å². The number of aryl methyl sites for hydroxylation is 12. The van der Waals surface area contributed by atoms with Gasteiger partial charge in [-0.05, 0) is 84.7 Å². The lowest BCUT2D eigenvalue weighted by Crippen LogP contribution is -1.89. The number of rotatable bonds is 0. The van der Waals surface area contributed by atoms with Crippen LogP contribution in [0.1, 0.15) is 271 Å². The molecule has 31 heteroatoms. The lowest BCUT2D eigenvalue weighted by Gasteiger charge is -1.77. The van der Waals surface area contributed by atoms with Crippen LogP contribution in [0.3, 0.4) is 0 Å². The topological polar surface area (TPSA) is 391 Å². The summed E-state index contributed by atoms with van der Waals surface area (Å²) >= 11 is 0. The first-order valence-electron chi connectivity index (χ1n) is 33.1. The van der Waals surface area contributed by atoms with Crippen molar-refractivity contribution in [2.45, 2.75) is 281 Å². The average Bonchev–Trinajstić information content (AvgIpc) is 4.71. The number of H-pyrrole nitrogens is 8. The Morgan fingerprint density at radius 3 is 0.750 bits per heavy atom. The SMILES string of the molecule is C.C.C.C.C.C.C.C.CC.CC.CC.CC.CC.CC.CC.CC.CC.CC.CC.CC.Cc1ccn[nH]1.Cc1ccn[nH]1.Cc1cn[nH]c1.Cc1cn[nH]c1.Cc1cn[nH]n1.Cc1ncn[nH]1.Cc1ncn[nH]1.Cc1ncn[nH]1.Cn1cccn1.Cn1cncn1.Cn1cnnc1.Cn1nccn1. The van der Waals surface area contributed by atoms with Gasteiger partial charge in [0.25, 0.3) is 0 Å². The first kappa shape index (κ1) is 148. The molecule has 8 N–H and O–H groups in total. The maximum Gasteiger partial charge on any atom is 0.137 e. The second kappa shape index (κ2) is 144. The van der Waals surface area contributed by atoms with Gasteiger partial charge in [-0.25, -0.2) is 19.9 Å². The zero-order chi connectivity index (χ0) is 76.9. The minimum atomic E-state index is 0. The van der Waals surface area contributed by atoms with Gasteiger partial charge >= 0.3 is 0 Å². The average molecular weight is 1480 g/mol. The molecule has 104 heavy (non-hydrogen) atoms. The first-order valence-corrected chi connectivity index (χ1v) is 33.1. The van der Waals surface area contributed by atoms with Gasteiger partial charge in [0.1, 0.15) is 61.8 Å². The van der Waals surface area contributed by atoms with E-state index in [-0.39, 0.29) is 59.4 Å². The molecular weight excluding hydrogens is 1310 g/mol. The van der Waals surface area contributed by atoms with Crippen LogP contribution in [0.25, 0.3) is 0 Å². The molecule has 0 bridgehead atoms. The van der Waals surface area contributed by atoms with Crippen molar-refractivity contribution in [1.29, 1.82) is 0 Å². The van der Waals surface area contributed by atoms with E-state index in [1.807, 2.05) is 279 Å². The van der Waals surface area contributed by atoms with E-state index < -0.39 is 0 Å². The molecule has 12 aromatic heterocycles. The highest BCUT2D eigenvalue weighted by Gasteiger charge is 1.80. The molecule has 0 aliphatic heterocycles. The van der Waals surface area contributed by atoms with Gasteiger partial charge in [0, 0.05) is 76.8 Å². The Morgan fingerprint density at radius 2 is 0.673 bits per heavy atom. The summed E-state index contributed by atoms with van der Waals surface area (Å²) in [5, 5.41) is 76.1. The zero-order valence-electron chi connectivity index (χ0n) is 66.4. The molecule has 0 atom stereocenters. The van der Waals surface area contributed by atoms with E-state index in [1.165, 1.54) is 41.2 Å². The highest BCUT2D eigenvalue weighted by Crippen LogP contribution is 1.86. The van der Waals surface area contributed by atoms with E-state index in [0.29, 0.717) is 0 Å².